The van der Waals surface area contributed by atoms with Gasteiger partial charge in [0.05, 0.1) is 10.2 Å². The number of benzene rings is 1. The van der Waals surface area contributed by atoms with E-state index in [1.165, 1.54) is 29.7 Å². The van der Waals surface area contributed by atoms with Crippen LogP contribution in [-0.2, 0) is 0 Å². The summed E-state index contributed by atoms with van der Waals surface area (Å²) in [5.41, 5.74) is 0.998. The van der Waals surface area contributed by atoms with E-state index in [0.717, 1.165) is 20.9 Å². The van der Waals surface area contributed by atoms with Gasteiger partial charge in [0.2, 0.25) is 0 Å². The van der Waals surface area contributed by atoms with Crippen LogP contribution < -0.4 is 5.32 Å². The Labute approximate surface area is 126 Å². The average molecular weight is 313 g/mol. The van der Waals surface area contributed by atoms with Gasteiger partial charge in [-0.05, 0) is 36.8 Å². The molecule has 1 aliphatic carbocycles. The normalized spacial score (nSPS) is 23.1. The standard InChI is InChI=1S/C14H17ClN2S2/c1-2-18-12-5-3-4-10(12)16-14-17-11-8-9(15)6-7-13(11)19-14/h6-8,10,12H,2-5H2,1H3,(H,16,17). The molecule has 2 aromatic rings. The van der Waals surface area contributed by atoms with Crippen LogP contribution in [0.2, 0.25) is 5.02 Å². The van der Waals surface area contributed by atoms with Gasteiger partial charge in [-0.3, -0.25) is 0 Å². The first-order valence-corrected chi connectivity index (χ1v) is 8.95. The molecule has 2 unspecified atom stereocenters. The highest BCUT2D eigenvalue weighted by molar-refractivity contribution is 7.99. The molecule has 0 spiro atoms. The van der Waals surface area contributed by atoms with Gasteiger partial charge in [0.15, 0.2) is 5.13 Å². The topological polar surface area (TPSA) is 24.9 Å². The molecule has 1 aromatic heterocycles. The molecule has 1 N–H and O–H groups in total. The largest absolute Gasteiger partial charge is 0.358 e. The summed E-state index contributed by atoms with van der Waals surface area (Å²) in [7, 11) is 0. The van der Waals surface area contributed by atoms with Crippen molar-refractivity contribution in [2.75, 3.05) is 11.1 Å². The van der Waals surface area contributed by atoms with Crippen molar-refractivity contribution in [2.24, 2.45) is 0 Å². The first kappa shape index (κ1) is 13.5. The van der Waals surface area contributed by atoms with Gasteiger partial charge in [-0.2, -0.15) is 11.8 Å². The van der Waals surface area contributed by atoms with Crippen molar-refractivity contribution in [3.63, 3.8) is 0 Å². The molecule has 0 aliphatic heterocycles. The van der Waals surface area contributed by atoms with Crippen molar-refractivity contribution in [1.82, 2.24) is 4.98 Å². The van der Waals surface area contributed by atoms with Gasteiger partial charge < -0.3 is 5.32 Å². The molecule has 19 heavy (non-hydrogen) atoms. The van der Waals surface area contributed by atoms with Crippen molar-refractivity contribution in [1.29, 1.82) is 0 Å². The minimum absolute atomic E-state index is 0.570. The van der Waals surface area contributed by atoms with Crippen molar-refractivity contribution < 1.29 is 0 Å². The molecule has 0 radical (unpaired) electrons. The molecular weight excluding hydrogens is 296 g/mol. The number of nitrogens with zero attached hydrogens (tertiary/aromatic N) is 1. The van der Waals surface area contributed by atoms with Crippen LogP contribution in [0.1, 0.15) is 26.2 Å². The van der Waals surface area contributed by atoms with Crippen LogP contribution in [0, 0.1) is 0 Å². The van der Waals surface area contributed by atoms with Crippen LogP contribution in [0.5, 0.6) is 0 Å². The number of hydrogen-bond acceptors (Lipinski definition) is 4. The quantitative estimate of drug-likeness (QED) is 0.856. The van der Waals surface area contributed by atoms with E-state index in [2.05, 4.69) is 29.0 Å². The maximum absolute atomic E-state index is 6.00. The number of halogens is 1. The smallest absolute Gasteiger partial charge is 0.184 e. The predicted molar refractivity (Wildman–Crippen MR) is 87.8 cm³/mol. The minimum Gasteiger partial charge on any atom is -0.358 e. The van der Waals surface area contributed by atoms with E-state index in [0.29, 0.717) is 6.04 Å². The lowest BCUT2D eigenvalue weighted by Crippen LogP contribution is -2.26. The van der Waals surface area contributed by atoms with Crippen LogP contribution >= 0.6 is 34.7 Å². The molecule has 1 aliphatic rings. The summed E-state index contributed by atoms with van der Waals surface area (Å²) in [6, 6.07) is 6.48. The van der Waals surface area contributed by atoms with Crippen LogP contribution in [0.4, 0.5) is 5.13 Å². The zero-order valence-electron chi connectivity index (χ0n) is 10.9. The Morgan fingerprint density at radius 2 is 2.37 bits per heavy atom. The Morgan fingerprint density at radius 1 is 1.47 bits per heavy atom. The summed E-state index contributed by atoms with van der Waals surface area (Å²) in [5.74, 6) is 1.19. The summed E-state index contributed by atoms with van der Waals surface area (Å²) in [4.78, 5) is 4.65. The van der Waals surface area contributed by atoms with E-state index < -0.39 is 0 Å². The third kappa shape index (κ3) is 3.01. The molecular formula is C14H17ClN2S2. The Bertz CT molecular complexity index is 570. The van der Waals surface area contributed by atoms with E-state index in [4.69, 9.17) is 11.6 Å². The maximum atomic E-state index is 6.00. The summed E-state index contributed by atoms with van der Waals surface area (Å²) in [6.45, 7) is 2.24. The number of thioether (sulfide) groups is 1. The molecule has 0 bridgehead atoms. The summed E-state index contributed by atoms with van der Waals surface area (Å²) >= 11 is 9.80. The molecule has 1 fully saturated rings. The Hall–Kier alpha value is -0.450. The fraction of sp³-hybridized carbons (Fsp3) is 0.500. The summed E-state index contributed by atoms with van der Waals surface area (Å²) in [5, 5.41) is 6.15. The number of rotatable bonds is 4. The van der Waals surface area contributed by atoms with Crippen LogP contribution in [-0.4, -0.2) is 22.0 Å². The van der Waals surface area contributed by atoms with Crippen molar-refractivity contribution >= 4 is 50.0 Å². The second kappa shape index (κ2) is 5.90. The Balaban J connectivity index is 1.77. The highest BCUT2D eigenvalue weighted by Gasteiger charge is 2.27. The minimum atomic E-state index is 0.570. The Kier molecular flexibility index (Phi) is 4.20. The van der Waals surface area contributed by atoms with E-state index in [1.54, 1.807) is 11.3 Å². The van der Waals surface area contributed by atoms with Crippen molar-refractivity contribution in [3.05, 3.63) is 23.2 Å². The fourth-order valence-electron chi connectivity index (χ4n) is 2.63. The van der Waals surface area contributed by atoms with Crippen molar-refractivity contribution in [3.8, 4) is 0 Å². The van der Waals surface area contributed by atoms with E-state index >= 15 is 0 Å². The number of fused-ring (bicyclic) bond motifs is 1. The van der Waals surface area contributed by atoms with Gasteiger partial charge in [-0.1, -0.05) is 36.3 Å². The maximum Gasteiger partial charge on any atom is 0.184 e. The van der Waals surface area contributed by atoms with Gasteiger partial charge in [-0.15, -0.1) is 0 Å². The predicted octanol–water partition coefficient (Wildman–Crippen LogP) is 5.04. The molecule has 2 nitrogen and oxygen atoms in total. The third-order valence-corrected chi connectivity index (χ3v) is 6.02. The van der Waals surface area contributed by atoms with E-state index in [9.17, 15) is 0 Å². The third-order valence-electron chi connectivity index (χ3n) is 3.49. The van der Waals surface area contributed by atoms with Gasteiger partial charge in [-0.25, -0.2) is 4.98 Å². The van der Waals surface area contributed by atoms with Gasteiger partial charge in [0, 0.05) is 16.3 Å². The zero-order chi connectivity index (χ0) is 13.2. The Morgan fingerprint density at radius 3 is 3.21 bits per heavy atom. The molecule has 1 aromatic carbocycles. The molecule has 0 saturated heterocycles. The number of anilines is 1. The highest BCUT2D eigenvalue weighted by atomic mass is 35.5. The van der Waals surface area contributed by atoms with E-state index in [-0.39, 0.29) is 0 Å². The molecule has 0 amide bonds. The fourth-order valence-corrected chi connectivity index (χ4v) is 4.90. The molecule has 1 saturated carbocycles. The van der Waals surface area contributed by atoms with Crippen LogP contribution in [0.3, 0.4) is 0 Å². The molecule has 1 heterocycles. The highest BCUT2D eigenvalue weighted by Crippen LogP contribution is 2.34. The molecule has 5 heteroatoms. The lowest BCUT2D eigenvalue weighted by atomic mass is 10.2. The van der Waals surface area contributed by atoms with Gasteiger partial charge in [0.25, 0.3) is 0 Å². The zero-order valence-corrected chi connectivity index (χ0v) is 13.2. The average Bonchev–Trinajstić information content (AvgIpc) is 2.97. The lowest BCUT2D eigenvalue weighted by Gasteiger charge is -2.19. The summed E-state index contributed by atoms with van der Waals surface area (Å²) in [6.07, 6.45) is 3.91. The second-order valence-electron chi connectivity index (χ2n) is 4.81. The monoisotopic (exact) mass is 312 g/mol. The number of thiazole rings is 1. The summed E-state index contributed by atoms with van der Waals surface area (Å²) < 4.78 is 1.20. The van der Waals surface area contributed by atoms with Crippen molar-refractivity contribution in [2.45, 2.75) is 37.5 Å². The molecule has 3 rings (SSSR count). The van der Waals surface area contributed by atoms with Crippen LogP contribution in [0.15, 0.2) is 18.2 Å². The number of hydrogen-bond donors (Lipinski definition) is 1. The van der Waals surface area contributed by atoms with Crippen LogP contribution in [0.25, 0.3) is 10.2 Å². The molecule has 2 atom stereocenters. The first-order chi connectivity index (χ1) is 9.26. The van der Waals surface area contributed by atoms with E-state index in [1.807, 2.05) is 18.2 Å². The van der Waals surface area contributed by atoms with Gasteiger partial charge >= 0.3 is 0 Å². The first-order valence-electron chi connectivity index (χ1n) is 6.70. The second-order valence-corrected chi connectivity index (χ2v) is 7.79. The molecule has 102 valence electrons. The van der Waals surface area contributed by atoms with Gasteiger partial charge in [0.1, 0.15) is 0 Å². The lowest BCUT2D eigenvalue weighted by molar-refractivity contribution is 0.767. The number of nitrogens with one attached hydrogen (secondary N) is 1. The SMILES string of the molecule is CCSC1CCCC1Nc1nc2cc(Cl)ccc2s1. The number of aromatic nitrogens is 1.